The lowest BCUT2D eigenvalue weighted by Crippen LogP contribution is -2.48. The van der Waals surface area contributed by atoms with Crippen molar-refractivity contribution in [3.8, 4) is 17.2 Å². The van der Waals surface area contributed by atoms with E-state index in [0.29, 0.717) is 42.5 Å². The van der Waals surface area contributed by atoms with Gasteiger partial charge < -0.3 is 28.7 Å². The summed E-state index contributed by atoms with van der Waals surface area (Å²) in [6, 6.07) is 16.1. The number of fused-ring (bicyclic) bond motifs is 1. The molecule has 4 rings (SSSR count). The lowest BCUT2D eigenvalue weighted by molar-refractivity contribution is -0.135. The zero-order chi connectivity index (χ0) is 26.2. The van der Waals surface area contributed by atoms with Crippen molar-refractivity contribution in [2.75, 3.05) is 54.2 Å². The van der Waals surface area contributed by atoms with Crippen LogP contribution in [-0.2, 0) is 16.0 Å². The fraction of sp³-hybridized carbons (Fsp3) is 0.357. The van der Waals surface area contributed by atoms with Gasteiger partial charge in [-0.25, -0.2) is 0 Å². The molecule has 2 heterocycles. The molecule has 1 aliphatic rings. The van der Waals surface area contributed by atoms with Gasteiger partial charge in [0.15, 0.2) is 11.5 Å². The molecule has 0 saturated heterocycles. The molecular formula is C28H32N2O6S. The van der Waals surface area contributed by atoms with Crippen LogP contribution in [0.15, 0.2) is 60.0 Å². The molecule has 0 bridgehead atoms. The Labute approximate surface area is 221 Å². The van der Waals surface area contributed by atoms with E-state index in [1.807, 2.05) is 34.5 Å². The van der Waals surface area contributed by atoms with Gasteiger partial charge in [0.05, 0.1) is 26.9 Å². The molecule has 37 heavy (non-hydrogen) atoms. The predicted octanol–water partition coefficient (Wildman–Crippen LogP) is 4.06. The van der Waals surface area contributed by atoms with Gasteiger partial charge in [-0.05, 0) is 59.8 Å². The summed E-state index contributed by atoms with van der Waals surface area (Å²) in [7, 11) is 4.75. The van der Waals surface area contributed by atoms with Gasteiger partial charge in [0.25, 0.3) is 5.91 Å². The average Bonchev–Trinajstić information content (AvgIpc) is 3.43. The molecule has 3 aromatic rings. The smallest absolute Gasteiger partial charge is 0.254 e. The second-order valence-corrected chi connectivity index (χ2v) is 9.56. The van der Waals surface area contributed by atoms with Crippen molar-refractivity contribution in [3.63, 3.8) is 0 Å². The highest BCUT2D eigenvalue weighted by molar-refractivity contribution is 7.10. The summed E-state index contributed by atoms with van der Waals surface area (Å²) < 4.78 is 22.0. The van der Waals surface area contributed by atoms with Crippen molar-refractivity contribution in [1.82, 2.24) is 9.80 Å². The number of carbonyl (C=O) groups excluding carboxylic acids is 2. The number of nitrogens with zero attached hydrogens (tertiary/aromatic N) is 2. The molecule has 196 valence electrons. The first-order valence-corrected chi connectivity index (χ1v) is 13.0. The monoisotopic (exact) mass is 524 g/mol. The fourth-order valence-corrected chi connectivity index (χ4v) is 5.33. The molecule has 1 aliphatic heterocycles. The Morgan fingerprint density at radius 1 is 1.00 bits per heavy atom. The molecule has 2 amide bonds. The van der Waals surface area contributed by atoms with E-state index in [9.17, 15) is 9.59 Å². The maximum atomic E-state index is 13.7. The summed E-state index contributed by atoms with van der Waals surface area (Å²) in [4.78, 5) is 31.6. The first-order chi connectivity index (χ1) is 18.0. The Morgan fingerprint density at radius 3 is 2.46 bits per heavy atom. The van der Waals surface area contributed by atoms with Crippen LogP contribution in [-0.4, -0.2) is 75.8 Å². The Kier molecular flexibility index (Phi) is 9.03. The van der Waals surface area contributed by atoms with Gasteiger partial charge in [0.1, 0.15) is 18.9 Å². The van der Waals surface area contributed by atoms with E-state index in [0.717, 1.165) is 12.0 Å². The third-order valence-corrected chi connectivity index (χ3v) is 7.39. The molecule has 8 nitrogen and oxygen atoms in total. The van der Waals surface area contributed by atoms with Gasteiger partial charge in [-0.2, -0.15) is 0 Å². The third-order valence-electron chi connectivity index (χ3n) is 6.40. The van der Waals surface area contributed by atoms with E-state index in [1.165, 1.54) is 9.78 Å². The molecule has 1 aromatic heterocycles. The van der Waals surface area contributed by atoms with Crippen LogP contribution in [0.25, 0.3) is 0 Å². The standard InChI is InChI=1S/C28H32N2O6S/c1-33-16-15-29(28(32)20-8-10-21(34-2)11-9-20)18-27(31)30-14-12-26-22(13-17-37-26)23(30)19-36-25-7-5-4-6-24(25)35-3/h4-11,13,17,23H,12,14-16,18-19H2,1-3H3/t23-/m0/s1. The van der Waals surface area contributed by atoms with Crippen molar-refractivity contribution in [2.45, 2.75) is 12.5 Å². The number of rotatable bonds is 11. The number of methoxy groups -OCH3 is 3. The third kappa shape index (κ3) is 6.23. The van der Waals surface area contributed by atoms with Crippen molar-refractivity contribution in [1.29, 1.82) is 0 Å². The Balaban J connectivity index is 1.53. The largest absolute Gasteiger partial charge is 0.497 e. The molecule has 0 radical (unpaired) electrons. The van der Waals surface area contributed by atoms with E-state index < -0.39 is 0 Å². The normalized spacial score (nSPS) is 14.6. The van der Waals surface area contributed by atoms with Crippen LogP contribution in [0, 0.1) is 0 Å². The van der Waals surface area contributed by atoms with E-state index >= 15 is 0 Å². The zero-order valence-corrected chi connectivity index (χ0v) is 22.2. The Bertz CT molecular complexity index is 1200. The Morgan fingerprint density at radius 2 is 1.76 bits per heavy atom. The quantitative estimate of drug-likeness (QED) is 0.377. The summed E-state index contributed by atoms with van der Waals surface area (Å²) >= 11 is 1.69. The molecule has 2 aromatic carbocycles. The summed E-state index contributed by atoms with van der Waals surface area (Å²) in [6.07, 6.45) is 0.772. The lowest BCUT2D eigenvalue weighted by atomic mass is 10.0. The number of hydrogen-bond acceptors (Lipinski definition) is 7. The summed E-state index contributed by atoms with van der Waals surface area (Å²) in [5, 5.41) is 2.05. The number of carbonyl (C=O) groups is 2. The minimum atomic E-state index is -0.271. The second kappa shape index (κ2) is 12.6. The van der Waals surface area contributed by atoms with E-state index in [1.54, 1.807) is 56.9 Å². The van der Waals surface area contributed by atoms with Crippen LogP contribution in [0.3, 0.4) is 0 Å². The number of benzene rings is 2. The van der Waals surface area contributed by atoms with Gasteiger partial charge >= 0.3 is 0 Å². The topological polar surface area (TPSA) is 77.5 Å². The fourth-order valence-electron chi connectivity index (χ4n) is 4.41. The van der Waals surface area contributed by atoms with Crippen LogP contribution >= 0.6 is 11.3 Å². The molecule has 1 atom stereocenters. The lowest BCUT2D eigenvalue weighted by Gasteiger charge is -2.37. The number of para-hydroxylation sites is 2. The van der Waals surface area contributed by atoms with Crippen LogP contribution in [0.2, 0.25) is 0 Å². The summed E-state index contributed by atoms with van der Waals surface area (Å²) in [6.45, 7) is 1.40. The number of thiophene rings is 1. The maximum Gasteiger partial charge on any atom is 0.254 e. The SMILES string of the molecule is COCCN(CC(=O)N1CCc2sccc2[C@@H]1COc1ccccc1OC)C(=O)c1ccc(OC)cc1. The highest BCUT2D eigenvalue weighted by atomic mass is 32.1. The van der Waals surface area contributed by atoms with E-state index in [-0.39, 0.29) is 31.0 Å². The molecule has 0 N–H and O–H groups in total. The molecule has 0 unspecified atom stereocenters. The van der Waals surface area contributed by atoms with Gasteiger partial charge in [-0.15, -0.1) is 11.3 Å². The maximum absolute atomic E-state index is 13.7. The first-order valence-electron chi connectivity index (χ1n) is 12.1. The minimum Gasteiger partial charge on any atom is -0.497 e. The molecular weight excluding hydrogens is 492 g/mol. The van der Waals surface area contributed by atoms with Gasteiger partial charge in [0, 0.05) is 30.6 Å². The summed E-state index contributed by atoms with van der Waals surface area (Å²) in [5.74, 6) is 1.55. The number of ether oxygens (including phenoxy) is 4. The molecule has 0 fully saturated rings. The minimum absolute atomic E-state index is 0.0567. The number of amides is 2. The van der Waals surface area contributed by atoms with E-state index in [2.05, 4.69) is 6.07 Å². The Hall–Kier alpha value is -3.56. The number of hydrogen-bond donors (Lipinski definition) is 0. The zero-order valence-electron chi connectivity index (χ0n) is 21.3. The average molecular weight is 525 g/mol. The molecule has 0 aliphatic carbocycles. The molecule has 0 saturated carbocycles. The van der Waals surface area contributed by atoms with Crippen LogP contribution < -0.4 is 14.2 Å². The highest BCUT2D eigenvalue weighted by Gasteiger charge is 2.33. The molecule has 9 heteroatoms. The predicted molar refractivity (Wildman–Crippen MR) is 142 cm³/mol. The van der Waals surface area contributed by atoms with Gasteiger partial charge in [0.2, 0.25) is 5.91 Å². The van der Waals surface area contributed by atoms with Crippen LogP contribution in [0.5, 0.6) is 17.2 Å². The summed E-state index contributed by atoms with van der Waals surface area (Å²) in [5.41, 5.74) is 1.57. The first kappa shape index (κ1) is 26.5. The second-order valence-electron chi connectivity index (χ2n) is 8.56. The van der Waals surface area contributed by atoms with Gasteiger partial charge in [-0.3, -0.25) is 9.59 Å². The van der Waals surface area contributed by atoms with Crippen molar-refractivity contribution >= 4 is 23.2 Å². The van der Waals surface area contributed by atoms with Crippen LogP contribution in [0.1, 0.15) is 26.8 Å². The molecule has 0 spiro atoms. The van der Waals surface area contributed by atoms with Crippen LogP contribution in [0.4, 0.5) is 0 Å². The van der Waals surface area contributed by atoms with Crippen molar-refractivity contribution in [2.24, 2.45) is 0 Å². The highest BCUT2D eigenvalue weighted by Crippen LogP contribution is 2.35. The van der Waals surface area contributed by atoms with Gasteiger partial charge in [-0.1, -0.05) is 12.1 Å². The van der Waals surface area contributed by atoms with Crippen molar-refractivity contribution < 1.29 is 28.5 Å². The van der Waals surface area contributed by atoms with E-state index in [4.69, 9.17) is 18.9 Å². The van der Waals surface area contributed by atoms with Crippen molar-refractivity contribution in [3.05, 3.63) is 76.0 Å².